The maximum Gasteiger partial charge on any atom is 0.194 e. The van der Waals surface area contributed by atoms with Crippen LogP contribution in [0.5, 0.6) is 0 Å². The minimum Gasteiger partial charge on any atom is -0.354 e. The molecule has 2 aliphatic rings. The molecule has 1 atom stereocenters. The number of guanidine groups is 1. The Bertz CT molecular complexity index is 164. The van der Waals surface area contributed by atoms with E-state index in [1.54, 1.807) is 0 Å². The van der Waals surface area contributed by atoms with Crippen LogP contribution in [0.25, 0.3) is 0 Å². The summed E-state index contributed by atoms with van der Waals surface area (Å²) in [6.45, 7) is 6.65. The molecule has 0 amide bonds. The molecule has 1 fully saturated rings. The van der Waals surface area contributed by atoms with Gasteiger partial charge in [0.05, 0.1) is 0 Å². The molecule has 0 aromatic carbocycles. The average molecular weight is 139 g/mol. The highest BCUT2D eigenvalue weighted by Crippen LogP contribution is 2.09. The van der Waals surface area contributed by atoms with E-state index in [-0.39, 0.29) is 0 Å². The third kappa shape index (κ3) is 0.856. The summed E-state index contributed by atoms with van der Waals surface area (Å²) in [5.41, 5.74) is 0. The molecule has 3 nitrogen and oxygen atoms in total. The SMILES string of the molecule is CC1CN=C2NCCN2C1. The minimum atomic E-state index is 0.739. The predicted octanol–water partition coefficient (Wildman–Crippen LogP) is -0.103. The lowest BCUT2D eigenvalue weighted by molar-refractivity contribution is 0.362. The van der Waals surface area contributed by atoms with Crippen molar-refractivity contribution in [3.63, 3.8) is 0 Å². The van der Waals surface area contributed by atoms with E-state index < -0.39 is 0 Å². The van der Waals surface area contributed by atoms with E-state index in [1.165, 1.54) is 6.54 Å². The first-order valence-corrected chi connectivity index (χ1v) is 3.89. The molecular formula is C7H13N3. The van der Waals surface area contributed by atoms with Crippen LogP contribution in [-0.2, 0) is 0 Å². The standard InChI is InChI=1S/C7H13N3/c1-6-4-9-7-8-2-3-10(7)5-6/h6H,2-5H2,1H3,(H,8,9). The molecule has 2 rings (SSSR count). The van der Waals surface area contributed by atoms with E-state index in [1.807, 2.05) is 0 Å². The Kier molecular flexibility index (Phi) is 1.29. The fourth-order valence-electron chi connectivity index (χ4n) is 1.53. The Hall–Kier alpha value is -0.730. The van der Waals surface area contributed by atoms with Crippen molar-refractivity contribution >= 4 is 5.96 Å². The second-order valence-electron chi connectivity index (χ2n) is 3.14. The van der Waals surface area contributed by atoms with Gasteiger partial charge in [0.2, 0.25) is 0 Å². The van der Waals surface area contributed by atoms with Gasteiger partial charge in [0, 0.05) is 26.2 Å². The summed E-state index contributed by atoms with van der Waals surface area (Å²) < 4.78 is 0. The first-order valence-electron chi connectivity index (χ1n) is 3.89. The van der Waals surface area contributed by atoms with Crippen LogP contribution < -0.4 is 5.32 Å². The molecule has 0 aliphatic carbocycles. The van der Waals surface area contributed by atoms with Crippen molar-refractivity contribution < 1.29 is 0 Å². The van der Waals surface area contributed by atoms with Gasteiger partial charge in [-0.25, -0.2) is 0 Å². The molecule has 0 aromatic heterocycles. The zero-order chi connectivity index (χ0) is 6.97. The summed E-state index contributed by atoms with van der Waals surface area (Å²) >= 11 is 0. The van der Waals surface area contributed by atoms with Crippen LogP contribution in [0, 0.1) is 5.92 Å². The zero-order valence-electron chi connectivity index (χ0n) is 6.30. The number of fused-ring (bicyclic) bond motifs is 1. The van der Waals surface area contributed by atoms with Gasteiger partial charge in [0.25, 0.3) is 0 Å². The van der Waals surface area contributed by atoms with Gasteiger partial charge >= 0.3 is 0 Å². The average Bonchev–Trinajstić information content (AvgIpc) is 2.33. The molecule has 0 saturated carbocycles. The van der Waals surface area contributed by atoms with Gasteiger partial charge in [-0.1, -0.05) is 6.92 Å². The molecule has 1 unspecified atom stereocenters. The normalized spacial score (nSPS) is 31.1. The van der Waals surface area contributed by atoms with E-state index in [2.05, 4.69) is 22.1 Å². The number of aliphatic imine (C=N–C) groups is 1. The minimum absolute atomic E-state index is 0.739. The molecule has 10 heavy (non-hydrogen) atoms. The topological polar surface area (TPSA) is 27.6 Å². The van der Waals surface area contributed by atoms with Crippen LogP contribution in [0.2, 0.25) is 0 Å². The molecule has 3 heteroatoms. The van der Waals surface area contributed by atoms with Crippen molar-refractivity contribution in [2.24, 2.45) is 10.9 Å². The molecule has 1 saturated heterocycles. The second kappa shape index (κ2) is 2.15. The Balaban J connectivity index is 2.12. The van der Waals surface area contributed by atoms with Gasteiger partial charge in [0.1, 0.15) is 0 Å². The van der Waals surface area contributed by atoms with E-state index >= 15 is 0 Å². The molecule has 1 N–H and O–H groups in total. The Labute approximate surface area is 61.1 Å². The van der Waals surface area contributed by atoms with Crippen LogP contribution >= 0.6 is 0 Å². The van der Waals surface area contributed by atoms with Gasteiger partial charge in [-0.3, -0.25) is 4.99 Å². The van der Waals surface area contributed by atoms with Crippen molar-refractivity contribution in [1.29, 1.82) is 0 Å². The van der Waals surface area contributed by atoms with E-state index in [0.29, 0.717) is 0 Å². The van der Waals surface area contributed by atoms with Crippen LogP contribution in [-0.4, -0.2) is 37.0 Å². The first kappa shape index (κ1) is 6.01. The fourth-order valence-corrected chi connectivity index (χ4v) is 1.53. The molecule has 2 heterocycles. The first-order chi connectivity index (χ1) is 4.86. The predicted molar refractivity (Wildman–Crippen MR) is 41.0 cm³/mol. The van der Waals surface area contributed by atoms with Crippen LogP contribution in [0.1, 0.15) is 6.92 Å². The lowest BCUT2D eigenvalue weighted by Gasteiger charge is -2.25. The third-order valence-corrected chi connectivity index (χ3v) is 2.05. The van der Waals surface area contributed by atoms with Gasteiger partial charge in [-0.05, 0) is 5.92 Å². The van der Waals surface area contributed by atoms with Crippen molar-refractivity contribution in [3.05, 3.63) is 0 Å². The summed E-state index contributed by atoms with van der Waals surface area (Å²) in [6, 6.07) is 0. The highest BCUT2D eigenvalue weighted by Gasteiger charge is 2.23. The molecule has 0 aromatic rings. The fraction of sp³-hybridized carbons (Fsp3) is 0.857. The van der Waals surface area contributed by atoms with Gasteiger partial charge < -0.3 is 10.2 Å². The van der Waals surface area contributed by atoms with E-state index in [4.69, 9.17) is 0 Å². The summed E-state index contributed by atoms with van der Waals surface area (Å²) in [4.78, 5) is 6.73. The highest BCUT2D eigenvalue weighted by atomic mass is 15.4. The maximum absolute atomic E-state index is 4.40. The monoisotopic (exact) mass is 139 g/mol. The molecule has 56 valence electrons. The zero-order valence-corrected chi connectivity index (χ0v) is 6.30. The smallest absolute Gasteiger partial charge is 0.194 e. The summed E-state index contributed by atoms with van der Waals surface area (Å²) in [5.74, 6) is 1.86. The Morgan fingerprint density at radius 1 is 1.70 bits per heavy atom. The summed E-state index contributed by atoms with van der Waals surface area (Å²) in [5, 5.41) is 3.26. The summed E-state index contributed by atoms with van der Waals surface area (Å²) in [6.07, 6.45) is 0. The third-order valence-electron chi connectivity index (χ3n) is 2.05. The van der Waals surface area contributed by atoms with Crippen LogP contribution in [0.15, 0.2) is 4.99 Å². The van der Waals surface area contributed by atoms with E-state index in [9.17, 15) is 0 Å². The number of hydrogen-bond donors (Lipinski definition) is 1. The molecule has 0 bridgehead atoms. The maximum atomic E-state index is 4.40. The van der Waals surface area contributed by atoms with Crippen molar-refractivity contribution in [2.45, 2.75) is 6.92 Å². The number of hydrogen-bond acceptors (Lipinski definition) is 3. The largest absolute Gasteiger partial charge is 0.354 e. The van der Waals surface area contributed by atoms with Gasteiger partial charge in [-0.2, -0.15) is 0 Å². The highest BCUT2D eigenvalue weighted by molar-refractivity contribution is 5.82. The molecule has 0 radical (unpaired) electrons. The van der Waals surface area contributed by atoms with Crippen molar-refractivity contribution in [3.8, 4) is 0 Å². The van der Waals surface area contributed by atoms with Crippen molar-refractivity contribution in [2.75, 3.05) is 26.2 Å². The Morgan fingerprint density at radius 3 is 3.50 bits per heavy atom. The summed E-state index contributed by atoms with van der Waals surface area (Å²) in [7, 11) is 0. The second-order valence-corrected chi connectivity index (χ2v) is 3.14. The Morgan fingerprint density at radius 2 is 2.60 bits per heavy atom. The van der Waals surface area contributed by atoms with Crippen LogP contribution in [0.4, 0.5) is 0 Å². The quantitative estimate of drug-likeness (QED) is 0.507. The van der Waals surface area contributed by atoms with Crippen LogP contribution in [0.3, 0.4) is 0 Å². The van der Waals surface area contributed by atoms with Gasteiger partial charge in [0.15, 0.2) is 5.96 Å². The lowest BCUT2D eigenvalue weighted by Crippen LogP contribution is -2.38. The number of nitrogens with zero attached hydrogens (tertiary/aromatic N) is 2. The molecule has 0 spiro atoms. The number of nitrogens with one attached hydrogen (secondary N) is 1. The van der Waals surface area contributed by atoms with E-state index in [0.717, 1.165) is 31.5 Å². The van der Waals surface area contributed by atoms with Gasteiger partial charge in [-0.15, -0.1) is 0 Å². The lowest BCUT2D eigenvalue weighted by atomic mass is 10.1. The number of rotatable bonds is 0. The molecule has 2 aliphatic heterocycles. The molecular weight excluding hydrogens is 126 g/mol. The van der Waals surface area contributed by atoms with Crippen molar-refractivity contribution in [1.82, 2.24) is 10.2 Å².